The lowest BCUT2D eigenvalue weighted by Gasteiger charge is -2.04. The second-order valence-electron chi connectivity index (χ2n) is 4.43. The Morgan fingerprint density at radius 2 is 2.21 bits per heavy atom. The van der Waals surface area contributed by atoms with Crippen molar-refractivity contribution >= 4 is 34.0 Å². The van der Waals surface area contributed by atoms with Crippen LogP contribution >= 0.6 is 22.9 Å². The van der Waals surface area contributed by atoms with Crippen molar-refractivity contribution in [2.75, 3.05) is 5.32 Å². The summed E-state index contributed by atoms with van der Waals surface area (Å²) in [6.07, 6.45) is 1.11. The number of thiazole rings is 1. The van der Waals surface area contributed by atoms with Gasteiger partial charge in [0.1, 0.15) is 0 Å². The van der Waals surface area contributed by atoms with E-state index in [1.54, 1.807) is 0 Å². The fraction of sp³-hybridized carbons (Fsp3) is 0.286. The molecule has 2 aromatic rings. The minimum atomic E-state index is -0.0222. The maximum absolute atomic E-state index is 11.8. The van der Waals surface area contributed by atoms with Gasteiger partial charge in [-0.15, -0.1) is 11.3 Å². The number of carbonyl (C=O) groups is 1. The van der Waals surface area contributed by atoms with Crippen LogP contribution in [0, 0.1) is 13.8 Å². The van der Waals surface area contributed by atoms with E-state index in [4.69, 9.17) is 11.6 Å². The van der Waals surface area contributed by atoms with Gasteiger partial charge in [0.15, 0.2) is 5.13 Å². The summed E-state index contributed by atoms with van der Waals surface area (Å²) in [5.41, 5.74) is 3.04. The zero-order chi connectivity index (χ0) is 13.8. The van der Waals surface area contributed by atoms with Crippen molar-refractivity contribution in [2.24, 2.45) is 0 Å². The fourth-order valence-corrected chi connectivity index (χ4v) is 2.55. The van der Waals surface area contributed by atoms with Crippen LogP contribution in [-0.4, -0.2) is 10.9 Å². The van der Waals surface area contributed by atoms with Gasteiger partial charge >= 0.3 is 0 Å². The predicted molar refractivity (Wildman–Crippen MR) is 80.0 cm³/mol. The number of nitrogens with zero attached hydrogens (tertiary/aromatic N) is 1. The van der Waals surface area contributed by atoms with Crippen LogP contribution in [0.2, 0.25) is 5.02 Å². The molecular weight excluding hydrogens is 280 g/mol. The largest absolute Gasteiger partial charge is 0.302 e. The number of hydrogen-bond acceptors (Lipinski definition) is 3. The Bertz CT molecular complexity index is 595. The molecule has 1 heterocycles. The van der Waals surface area contributed by atoms with Crippen molar-refractivity contribution in [3.05, 3.63) is 45.4 Å². The minimum Gasteiger partial charge on any atom is -0.302 e. The normalized spacial score (nSPS) is 10.5. The highest BCUT2D eigenvalue weighted by molar-refractivity contribution is 7.13. The Labute approximate surface area is 121 Å². The standard InChI is InChI=1S/C14H15ClN2OS/c1-9-3-4-11(7-12(9)15)5-6-13(18)17-14-16-10(2)8-19-14/h3-4,7-8H,5-6H2,1-2H3,(H,16,17,18). The second-order valence-corrected chi connectivity index (χ2v) is 5.69. The molecule has 100 valence electrons. The molecule has 0 atom stereocenters. The van der Waals surface area contributed by atoms with E-state index in [0.717, 1.165) is 21.8 Å². The maximum atomic E-state index is 11.8. The Kier molecular flexibility index (Phi) is 4.56. The topological polar surface area (TPSA) is 42.0 Å². The summed E-state index contributed by atoms with van der Waals surface area (Å²) >= 11 is 7.49. The van der Waals surface area contributed by atoms with Gasteiger partial charge in [0, 0.05) is 16.8 Å². The number of carbonyl (C=O) groups excluding carboxylic acids is 1. The average molecular weight is 295 g/mol. The predicted octanol–water partition coefficient (Wildman–Crippen LogP) is 3.98. The van der Waals surface area contributed by atoms with Crippen LogP contribution in [0.25, 0.3) is 0 Å². The highest BCUT2D eigenvalue weighted by atomic mass is 35.5. The molecule has 0 aliphatic heterocycles. The number of hydrogen-bond donors (Lipinski definition) is 1. The number of benzene rings is 1. The molecular formula is C14H15ClN2OS. The smallest absolute Gasteiger partial charge is 0.226 e. The van der Waals surface area contributed by atoms with Crippen LogP contribution in [0.15, 0.2) is 23.6 Å². The molecule has 0 bridgehead atoms. The minimum absolute atomic E-state index is 0.0222. The number of amides is 1. The summed E-state index contributed by atoms with van der Waals surface area (Å²) in [6, 6.07) is 5.89. The van der Waals surface area contributed by atoms with Crippen molar-refractivity contribution in [2.45, 2.75) is 26.7 Å². The van der Waals surface area contributed by atoms with Crippen molar-refractivity contribution in [3.63, 3.8) is 0 Å². The Morgan fingerprint density at radius 3 is 2.84 bits per heavy atom. The van der Waals surface area contributed by atoms with Crippen LogP contribution in [0.1, 0.15) is 23.2 Å². The summed E-state index contributed by atoms with van der Waals surface area (Å²) in [7, 11) is 0. The lowest BCUT2D eigenvalue weighted by molar-refractivity contribution is -0.116. The van der Waals surface area contributed by atoms with Crippen molar-refractivity contribution in [1.29, 1.82) is 0 Å². The van der Waals surface area contributed by atoms with Gasteiger partial charge in [-0.05, 0) is 37.5 Å². The van der Waals surface area contributed by atoms with Gasteiger partial charge in [0.2, 0.25) is 5.91 Å². The van der Waals surface area contributed by atoms with Crippen LogP contribution in [-0.2, 0) is 11.2 Å². The monoisotopic (exact) mass is 294 g/mol. The van der Waals surface area contributed by atoms with Crippen molar-refractivity contribution < 1.29 is 4.79 Å². The third-order valence-corrected chi connectivity index (χ3v) is 4.03. The van der Waals surface area contributed by atoms with E-state index < -0.39 is 0 Å². The second kappa shape index (κ2) is 6.17. The van der Waals surface area contributed by atoms with Crippen LogP contribution in [0.5, 0.6) is 0 Å². The molecule has 1 aromatic heterocycles. The first-order valence-corrected chi connectivity index (χ1v) is 7.27. The number of aryl methyl sites for hydroxylation is 3. The van der Waals surface area contributed by atoms with Gasteiger partial charge in [0.05, 0.1) is 5.69 Å². The van der Waals surface area contributed by atoms with Gasteiger partial charge < -0.3 is 5.32 Å². The van der Waals surface area contributed by atoms with Gasteiger partial charge in [0.25, 0.3) is 0 Å². The molecule has 0 aliphatic carbocycles. The Balaban J connectivity index is 1.88. The highest BCUT2D eigenvalue weighted by Crippen LogP contribution is 2.18. The number of nitrogens with one attached hydrogen (secondary N) is 1. The van der Waals surface area contributed by atoms with Gasteiger partial charge in [-0.3, -0.25) is 4.79 Å². The van der Waals surface area contributed by atoms with Crippen LogP contribution in [0.3, 0.4) is 0 Å². The number of anilines is 1. The molecule has 0 spiro atoms. The van der Waals surface area contributed by atoms with E-state index in [1.165, 1.54) is 11.3 Å². The zero-order valence-corrected chi connectivity index (χ0v) is 12.4. The van der Waals surface area contributed by atoms with Crippen molar-refractivity contribution in [3.8, 4) is 0 Å². The zero-order valence-electron chi connectivity index (χ0n) is 10.9. The maximum Gasteiger partial charge on any atom is 0.226 e. The van der Waals surface area contributed by atoms with Gasteiger partial charge in [-0.25, -0.2) is 4.98 Å². The van der Waals surface area contributed by atoms with E-state index in [-0.39, 0.29) is 5.91 Å². The first-order chi connectivity index (χ1) is 9.04. The van der Waals surface area contributed by atoms with Crippen LogP contribution in [0.4, 0.5) is 5.13 Å². The molecule has 0 aliphatic rings. The molecule has 0 unspecified atom stereocenters. The molecule has 19 heavy (non-hydrogen) atoms. The molecule has 1 amide bonds. The molecule has 1 N–H and O–H groups in total. The molecule has 5 heteroatoms. The molecule has 0 saturated carbocycles. The van der Waals surface area contributed by atoms with Gasteiger partial charge in [-0.1, -0.05) is 23.7 Å². The quantitative estimate of drug-likeness (QED) is 0.926. The van der Waals surface area contributed by atoms with E-state index in [1.807, 2.05) is 37.4 Å². The number of rotatable bonds is 4. The molecule has 2 rings (SSSR count). The molecule has 1 aromatic carbocycles. The summed E-state index contributed by atoms with van der Waals surface area (Å²) in [4.78, 5) is 16.0. The van der Waals surface area contributed by atoms with Gasteiger partial charge in [-0.2, -0.15) is 0 Å². The van der Waals surface area contributed by atoms with Crippen molar-refractivity contribution in [1.82, 2.24) is 4.98 Å². The molecule has 3 nitrogen and oxygen atoms in total. The summed E-state index contributed by atoms with van der Waals surface area (Å²) in [5, 5.41) is 6.11. The third-order valence-electron chi connectivity index (χ3n) is 2.74. The van der Waals surface area contributed by atoms with E-state index in [2.05, 4.69) is 10.3 Å². The highest BCUT2D eigenvalue weighted by Gasteiger charge is 2.06. The first kappa shape index (κ1) is 14.0. The number of halogens is 1. The lowest BCUT2D eigenvalue weighted by atomic mass is 10.1. The molecule has 0 fully saturated rings. The van der Waals surface area contributed by atoms with E-state index in [9.17, 15) is 4.79 Å². The third kappa shape index (κ3) is 4.04. The van der Waals surface area contributed by atoms with Crippen LogP contribution < -0.4 is 5.32 Å². The summed E-state index contributed by atoms with van der Waals surface area (Å²) in [5.74, 6) is -0.0222. The first-order valence-electron chi connectivity index (χ1n) is 6.01. The SMILES string of the molecule is Cc1csc(NC(=O)CCc2ccc(C)c(Cl)c2)n1. The summed E-state index contributed by atoms with van der Waals surface area (Å²) in [6.45, 7) is 3.87. The lowest BCUT2D eigenvalue weighted by Crippen LogP contribution is -2.12. The van der Waals surface area contributed by atoms with E-state index in [0.29, 0.717) is 18.0 Å². The average Bonchev–Trinajstić information content (AvgIpc) is 2.76. The molecule has 0 radical (unpaired) electrons. The van der Waals surface area contributed by atoms with E-state index >= 15 is 0 Å². The molecule has 0 saturated heterocycles. The fourth-order valence-electron chi connectivity index (χ4n) is 1.64. The number of aromatic nitrogens is 1. The Hall–Kier alpha value is -1.39. The Morgan fingerprint density at radius 1 is 1.42 bits per heavy atom. The summed E-state index contributed by atoms with van der Waals surface area (Å²) < 4.78 is 0.